The number of rotatable bonds is 4. The Kier molecular flexibility index (Phi) is 4.21. The van der Waals surface area contributed by atoms with Crippen LogP contribution in [0.2, 0.25) is 0 Å². The lowest BCUT2D eigenvalue weighted by atomic mass is 10.0. The molecule has 0 radical (unpaired) electrons. The number of halogens is 1. The molecule has 1 aromatic heterocycles. The second-order valence-electron chi connectivity index (χ2n) is 8.30. The van der Waals surface area contributed by atoms with Gasteiger partial charge in [0.05, 0.1) is 6.54 Å². The van der Waals surface area contributed by atoms with Crippen LogP contribution in [-0.4, -0.2) is 37.9 Å². The fourth-order valence-corrected chi connectivity index (χ4v) is 4.27. The van der Waals surface area contributed by atoms with Crippen LogP contribution in [-0.2, 0) is 31.0 Å². The Morgan fingerprint density at radius 3 is 2.86 bits per heavy atom. The minimum absolute atomic E-state index is 0.230. The Morgan fingerprint density at radius 2 is 2.07 bits per heavy atom. The summed E-state index contributed by atoms with van der Waals surface area (Å²) >= 11 is 0. The topological polar surface area (TPSA) is 69.4 Å². The molecule has 1 aromatic carbocycles. The summed E-state index contributed by atoms with van der Waals surface area (Å²) < 4.78 is 22.4. The number of nitrogens with zero attached hydrogens (tertiary/aromatic N) is 4. The largest absolute Gasteiger partial charge is 0.364 e. The maximum Gasteiger partial charge on any atom is 0.332 e. The Balaban J connectivity index is 1.35. The number of ether oxygens (including phenoxy) is 1. The van der Waals surface area contributed by atoms with Crippen molar-refractivity contribution in [2.75, 3.05) is 13.1 Å². The molecule has 2 fully saturated rings. The molecule has 0 amide bonds. The van der Waals surface area contributed by atoms with Crippen molar-refractivity contribution in [2.24, 2.45) is 5.92 Å². The molecule has 8 heteroatoms. The molecule has 148 valence electrons. The lowest BCUT2D eigenvalue weighted by Crippen LogP contribution is -2.53. The molecular weight excluding hydrogens is 363 g/mol. The summed E-state index contributed by atoms with van der Waals surface area (Å²) in [5.41, 5.74) is -0.629. The molecule has 1 saturated heterocycles. The summed E-state index contributed by atoms with van der Waals surface area (Å²) in [5.74, 6) is 0.753. The van der Waals surface area contributed by atoms with E-state index in [0.717, 1.165) is 31.4 Å². The molecule has 2 aliphatic heterocycles. The zero-order valence-corrected chi connectivity index (χ0v) is 15.6. The van der Waals surface area contributed by atoms with Crippen molar-refractivity contribution in [3.8, 4) is 0 Å². The second-order valence-corrected chi connectivity index (χ2v) is 8.30. The summed E-state index contributed by atoms with van der Waals surface area (Å²) in [5, 5.41) is 4.39. The summed E-state index contributed by atoms with van der Waals surface area (Å²) in [6.45, 7) is 3.16. The van der Waals surface area contributed by atoms with E-state index < -0.39 is 16.7 Å². The van der Waals surface area contributed by atoms with Gasteiger partial charge in [-0.3, -0.25) is 19.1 Å². The minimum atomic E-state index is -0.540. The number of fused-ring (bicyclic) bond motifs is 1. The molecule has 0 N–H and O–H groups in total. The standard InChI is InChI=1S/C20H23FN4O3/c21-16-3-1-2-15(8-16)9-23-7-6-20(12-23)13-24-17(11-28-20)22-25(10-14-4-5-14)19(27)18(24)26/h1-3,8,14H,4-7,9-13H2/t20-/m1/s1. The Bertz CT molecular complexity index is 1030. The Labute approximate surface area is 161 Å². The smallest absolute Gasteiger partial charge is 0.332 e. The van der Waals surface area contributed by atoms with Crippen LogP contribution in [0.15, 0.2) is 33.9 Å². The van der Waals surface area contributed by atoms with Crippen molar-refractivity contribution in [1.82, 2.24) is 19.2 Å². The number of likely N-dealkylation sites (tertiary alicyclic amines) is 1. The van der Waals surface area contributed by atoms with Crippen LogP contribution in [0.1, 0.15) is 30.7 Å². The van der Waals surface area contributed by atoms with Crippen molar-refractivity contribution in [2.45, 2.75) is 51.1 Å². The third-order valence-corrected chi connectivity index (χ3v) is 5.98. The first-order valence-corrected chi connectivity index (χ1v) is 9.83. The van der Waals surface area contributed by atoms with Crippen molar-refractivity contribution in [3.05, 3.63) is 62.2 Å². The summed E-state index contributed by atoms with van der Waals surface area (Å²) in [4.78, 5) is 27.3. The molecular formula is C20H23FN4O3. The van der Waals surface area contributed by atoms with E-state index in [9.17, 15) is 14.0 Å². The Morgan fingerprint density at radius 1 is 1.21 bits per heavy atom. The van der Waals surface area contributed by atoms with Gasteiger partial charge in [-0.15, -0.1) is 0 Å². The average molecular weight is 386 g/mol. The highest BCUT2D eigenvalue weighted by molar-refractivity contribution is 5.16. The van der Waals surface area contributed by atoms with Crippen molar-refractivity contribution < 1.29 is 9.13 Å². The number of aromatic nitrogens is 3. The van der Waals surface area contributed by atoms with Gasteiger partial charge in [0.25, 0.3) is 0 Å². The van der Waals surface area contributed by atoms with Gasteiger partial charge in [0.1, 0.15) is 18.0 Å². The predicted molar refractivity (Wildman–Crippen MR) is 99.3 cm³/mol. The average Bonchev–Trinajstić information content (AvgIpc) is 3.41. The van der Waals surface area contributed by atoms with E-state index in [1.807, 2.05) is 6.07 Å². The summed E-state index contributed by atoms with van der Waals surface area (Å²) in [7, 11) is 0. The van der Waals surface area contributed by atoms with Gasteiger partial charge in [-0.25, -0.2) is 9.07 Å². The van der Waals surface area contributed by atoms with E-state index in [1.54, 1.807) is 12.1 Å². The van der Waals surface area contributed by atoms with Crippen LogP contribution in [0, 0.1) is 11.7 Å². The molecule has 1 aliphatic carbocycles. The van der Waals surface area contributed by atoms with Crippen LogP contribution >= 0.6 is 0 Å². The molecule has 3 heterocycles. The molecule has 1 spiro atoms. The van der Waals surface area contributed by atoms with Crippen molar-refractivity contribution >= 4 is 0 Å². The van der Waals surface area contributed by atoms with Crippen LogP contribution in [0.4, 0.5) is 4.39 Å². The third-order valence-electron chi connectivity index (χ3n) is 5.98. The number of hydrogen-bond donors (Lipinski definition) is 0. The van der Waals surface area contributed by atoms with Crippen molar-refractivity contribution in [3.63, 3.8) is 0 Å². The molecule has 0 unspecified atom stereocenters. The van der Waals surface area contributed by atoms with Crippen LogP contribution in [0.3, 0.4) is 0 Å². The molecule has 1 saturated carbocycles. The van der Waals surface area contributed by atoms with Crippen LogP contribution in [0.25, 0.3) is 0 Å². The van der Waals surface area contributed by atoms with E-state index in [1.165, 1.54) is 15.3 Å². The van der Waals surface area contributed by atoms with E-state index in [2.05, 4.69) is 10.00 Å². The van der Waals surface area contributed by atoms with E-state index >= 15 is 0 Å². The maximum atomic E-state index is 13.4. The summed E-state index contributed by atoms with van der Waals surface area (Å²) in [6, 6.07) is 6.59. The van der Waals surface area contributed by atoms with Crippen molar-refractivity contribution in [1.29, 1.82) is 0 Å². The molecule has 0 bridgehead atoms. The first-order valence-electron chi connectivity index (χ1n) is 9.83. The molecule has 2 aromatic rings. The van der Waals surface area contributed by atoms with Gasteiger partial charge in [0, 0.05) is 26.2 Å². The fourth-order valence-electron chi connectivity index (χ4n) is 4.27. The maximum absolute atomic E-state index is 13.4. The predicted octanol–water partition coefficient (Wildman–Crippen LogP) is 1.13. The van der Waals surface area contributed by atoms with Crippen LogP contribution in [0.5, 0.6) is 0 Å². The van der Waals surface area contributed by atoms with E-state index in [-0.39, 0.29) is 12.4 Å². The molecule has 3 aliphatic rings. The lowest BCUT2D eigenvalue weighted by molar-refractivity contribution is -0.0859. The number of hydrogen-bond acceptors (Lipinski definition) is 5. The molecule has 7 nitrogen and oxygen atoms in total. The van der Waals surface area contributed by atoms with Gasteiger partial charge in [-0.05, 0) is 42.9 Å². The van der Waals surface area contributed by atoms with Gasteiger partial charge in [0.2, 0.25) is 0 Å². The highest BCUT2D eigenvalue weighted by Crippen LogP contribution is 2.32. The van der Waals surface area contributed by atoms with E-state index in [0.29, 0.717) is 37.9 Å². The number of benzene rings is 1. The highest BCUT2D eigenvalue weighted by Gasteiger charge is 2.43. The zero-order valence-electron chi connectivity index (χ0n) is 15.6. The second kappa shape index (κ2) is 6.63. The molecule has 28 heavy (non-hydrogen) atoms. The van der Waals surface area contributed by atoms with Gasteiger partial charge in [0.15, 0.2) is 5.82 Å². The Hall–Kier alpha value is -2.32. The SMILES string of the molecule is O=c1c(=O)n2c(nn1CC1CC1)CO[C@@]1(CCN(Cc3cccc(F)c3)C1)C2. The zero-order chi connectivity index (χ0) is 19.3. The van der Waals surface area contributed by atoms with E-state index in [4.69, 9.17) is 4.74 Å². The van der Waals surface area contributed by atoms with Gasteiger partial charge >= 0.3 is 11.1 Å². The fraction of sp³-hybridized carbons (Fsp3) is 0.550. The first-order chi connectivity index (χ1) is 13.5. The minimum Gasteiger partial charge on any atom is -0.364 e. The highest BCUT2D eigenvalue weighted by atomic mass is 19.1. The van der Waals surface area contributed by atoms with Gasteiger partial charge in [-0.2, -0.15) is 5.10 Å². The lowest BCUT2D eigenvalue weighted by Gasteiger charge is -2.35. The molecule has 5 rings (SSSR count). The monoisotopic (exact) mass is 386 g/mol. The van der Waals surface area contributed by atoms with Gasteiger partial charge in [-0.1, -0.05) is 12.1 Å². The summed E-state index contributed by atoms with van der Waals surface area (Å²) in [6.07, 6.45) is 2.94. The normalized spacial score (nSPS) is 24.6. The quantitative estimate of drug-likeness (QED) is 0.737. The van der Waals surface area contributed by atoms with Gasteiger partial charge < -0.3 is 4.74 Å². The molecule has 1 atom stereocenters. The van der Waals surface area contributed by atoms with Crippen LogP contribution < -0.4 is 11.1 Å². The third kappa shape index (κ3) is 3.31. The first kappa shape index (κ1) is 17.8.